The van der Waals surface area contributed by atoms with Crippen molar-refractivity contribution in [2.24, 2.45) is 5.92 Å². The number of benzene rings is 2. The summed E-state index contributed by atoms with van der Waals surface area (Å²) in [4.78, 5) is 26.1. The van der Waals surface area contributed by atoms with Gasteiger partial charge in [-0.15, -0.1) is 0 Å². The van der Waals surface area contributed by atoms with Crippen LogP contribution in [-0.4, -0.2) is 18.4 Å². The fourth-order valence-corrected chi connectivity index (χ4v) is 3.29. The van der Waals surface area contributed by atoms with E-state index in [1.165, 1.54) is 23.1 Å². The SMILES string of the molecule is O=C(Nc1ccccc1C(F)(F)F)[C@@H]1CC(=O)N(c2cccc(Cl)c2Cl)C1. The Morgan fingerprint density at radius 3 is 2.52 bits per heavy atom. The van der Waals surface area contributed by atoms with Crippen LogP contribution in [0.1, 0.15) is 12.0 Å². The van der Waals surface area contributed by atoms with Crippen LogP contribution in [0.4, 0.5) is 24.5 Å². The summed E-state index contributed by atoms with van der Waals surface area (Å²) >= 11 is 12.1. The van der Waals surface area contributed by atoms with Gasteiger partial charge in [0.1, 0.15) is 0 Å². The molecule has 4 nitrogen and oxygen atoms in total. The van der Waals surface area contributed by atoms with E-state index >= 15 is 0 Å². The van der Waals surface area contributed by atoms with Crippen LogP contribution in [0.15, 0.2) is 42.5 Å². The zero-order valence-electron chi connectivity index (χ0n) is 13.7. The average molecular weight is 417 g/mol. The highest BCUT2D eigenvalue weighted by Gasteiger charge is 2.38. The molecule has 0 aromatic heterocycles. The van der Waals surface area contributed by atoms with Crippen molar-refractivity contribution in [3.8, 4) is 0 Å². The van der Waals surface area contributed by atoms with Gasteiger partial charge in [0.05, 0.1) is 32.9 Å². The molecule has 1 fully saturated rings. The minimum absolute atomic E-state index is 0.00108. The molecule has 1 saturated heterocycles. The standard InChI is InChI=1S/C18H13Cl2F3N2O2/c19-12-5-3-7-14(16(12)20)25-9-10(8-15(25)26)17(27)24-13-6-2-1-4-11(13)18(21,22)23/h1-7,10H,8-9H2,(H,24,27)/t10-/m1/s1. The van der Waals surface area contributed by atoms with Gasteiger partial charge in [-0.3, -0.25) is 9.59 Å². The number of anilines is 2. The van der Waals surface area contributed by atoms with Gasteiger partial charge >= 0.3 is 6.18 Å². The molecule has 2 aromatic rings. The van der Waals surface area contributed by atoms with E-state index in [4.69, 9.17) is 23.2 Å². The molecule has 2 aromatic carbocycles. The first-order valence-electron chi connectivity index (χ1n) is 7.90. The number of alkyl halides is 3. The van der Waals surface area contributed by atoms with Crippen LogP contribution >= 0.6 is 23.2 Å². The summed E-state index contributed by atoms with van der Waals surface area (Å²) in [5.74, 6) is -1.84. The van der Waals surface area contributed by atoms with Crippen molar-refractivity contribution in [2.75, 3.05) is 16.8 Å². The summed E-state index contributed by atoms with van der Waals surface area (Å²) in [6.07, 6.45) is -4.74. The normalized spacial score (nSPS) is 17.3. The van der Waals surface area contributed by atoms with E-state index in [2.05, 4.69) is 5.32 Å². The Morgan fingerprint density at radius 1 is 1.11 bits per heavy atom. The molecule has 0 aliphatic carbocycles. The number of hydrogen-bond donors (Lipinski definition) is 1. The number of nitrogens with one attached hydrogen (secondary N) is 1. The fourth-order valence-electron chi connectivity index (χ4n) is 2.89. The van der Waals surface area contributed by atoms with E-state index in [0.717, 1.165) is 6.07 Å². The van der Waals surface area contributed by atoms with Crippen molar-refractivity contribution in [3.63, 3.8) is 0 Å². The molecular weight excluding hydrogens is 404 g/mol. The van der Waals surface area contributed by atoms with E-state index in [1.807, 2.05) is 0 Å². The first-order valence-corrected chi connectivity index (χ1v) is 8.65. The van der Waals surface area contributed by atoms with Gasteiger partial charge in [0, 0.05) is 13.0 Å². The second-order valence-electron chi connectivity index (χ2n) is 6.01. The summed E-state index contributed by atoms with van der Waals surface area (Å²) in [7, 11) is 0. The third kappa shape index (κ3) is 4.04. The number of amides is 2. The Hall–Kier alpha value is -2.25. The van der Waals surface area contributed by atoms with Crippen molar-refractivity contribution in [1.29, 1.82) is 0 Å². The maximum atomic E-state index is 13.1. The maximum absolute atomic E-state index is 13.1. The lowest BCUT2D eigenvalue weighted by Crippen LogP contribution is -2.28. The second kappa shape index (κ2) is 7.40. The van der Waals surface area contributed by atoms with Crippen LogP contribution in [0.25, 0.3) is 0 Å². The molecule has 1 aliphatic rings. The number of hydrogen-bond acceptors (Lipinski definition) is 2. The molecule has 0 radical (unpaired) electrons. The number of rotatable bonds is 3. The lowest BCUT2D eigenvalue weighted by molar-refractivity contribution is -0.137. The Bertz CT molecular complexity index is 902. The Balaban J connectivity index is 1.78. The Morgan fingerprint density at radius 2 is 1.81 bits per heavy atom. The molecular formula is C18H13Cl2F3N2O2. The molecule has 1 aliphatic heterocycles. The molecule has 1 heterocycles. The number of carbonyl (C=O) groups is 2. The third-order valence-electron chi connectivity index (χ3n) is 4.21. The number of nitrogens with zero attached hydrogens (tertiary/aromatic N) is 1. The van der Waals surface area contributed by atoms with Crippen molar-refractivity contribution < 1.29 is 22.8 Å². The van der Waals surface area contributed by atoms with Crippen LogP contribution in [0.5, 0.6) is 0 Å². The molecule has 3 rings (SSSR count). The second-order valence-corrected chi connectivity index (χ2v) is 6.80. The molecule has 2 amide bonds. The molecule has 9 heteroatoms. The zero-order valence-corrected chi connectivity index (χ0v) is 15.2. The number of carbonyl (C=O) groups excluding carboxylic acids is 2. The lowest BCUT2D eigenvalue weighted by atomic mass is 10.1. The predicted octanol–water partition coefficient (Wildman–Crippen LogP) is 5.00. The van der Waals surface area contributed by atoms with Crippen molar-refractivity contribution >= 4 is 46.4 Å². The first kappa shape index (κ1) is 19.5. The van der Waals surface area contributed by atoms with Crippen molar-refractivity contribution in [1.82, 2.24) is 0 Å². The maximum Gasteiger partial charge on any atom is 0.418 e. The van der Waals surface area contributed by atoms with Gasteiger partial charge in [0.15, 0.2) is 0 Å². The van der Waals surface area contributed by atoms with E-state index < -0.39 is 23.6 Å². The minimum atomic E-state index is -4.60. The largest absolute Gasteiger partial charge is 0.418 e. The van der Waals surface area contributed by atoms with Gasteiger partial charge in [-0.1, -0.05) is 41.4 Å². The van der Waals surface area contributed by atoms with Crippen molar-refractivity contribution in [2.45, 2.75) is 12.6 Å². The summed E-state index contributed by atoms with van der Waals surface area (Å²) in [6.45, 7) is -0.00108. The van der Waals surface area contributed by atoms with Crippen LogP contribution in [0.2, 0.25) is 10.0 Å². The zero-order chi connectivity index (χ0) is 19.8. The topological polar surface area (TPSA) is 49.4 Å². The highest BCUT2D eigenvalue weighted by molar-refractivity contribution is 6.44. The first-order chi connectivity index (χ1) is 12.7. The lowest BCUT2D eigenvalue weighted by Gasteiger charge is -2.19. The van der Waals surface area contributed by atoms with Gasteiger partial charge in [-0.05, 0) is 24.3 Å². The molecule has 0 spiro atoms. The van der Waals surface area contributed by atoms with Crippen LogP contribution in [0.3, 0.4) is 0 Å². The van der Waals surface area contributed by atoms with Gasteiger partial charge < -0.3 is 10.2 Å². The summed E-state index contributed by atoms with van der Waals surface area (Å²) in [5.41, 5.74) is -0.931. The van der Waals surface area contributed by atoms with E-state index in [1.54, 1.807) is 18.2 Å². The smallest absolute Gasteiger partial charge is 0.325 e. The predicted molar refractivity (Wildman–Crippen MR) is 97.0 cm³/mol. The van der Waals surface area contributed by atoms with Crippen LogP contribution < -0.4 is 10.2 Å². The highest BCUT2D eigenvalue weighted by atomic mass is 35.5. The molecule has 27 heavy (non-hydrogen) atoms. The fraction of sp³-hybridized carbons (Fsp3) is 0.222. The molecule has 142 valence electrons. The van der Waals surface area contributed by atoms with Gasteiger partial charge in [0.25, 0.3) is 0 Å². The van der Waals surface area contributed by atoms with E-state index in [0.29, 0.717) is 5.69 Å². The average Bonchev–Trinajstić information content (AvgIpc) is 2.99. The third-order valence-corrected chi connectivity index (χ3v) is 5.02. The molecule has 1 N–H and O–H groups in total. The quantitative estimate of drug-likeness (QED) is 0.764. The van der Waals surface area contributed by atoms with Gasteiger partial charge in [-0.2, -0.15) is 13.2 Å². The Kier molecular flexibility index (Phi) is 5.35. The molecule has 0 unspecified atom stereocenters. The van der Waals surface area contributed by atoms with Crippen LogP contribution in [-0.2, 0) is 15.8 Å². The molecule has 0 bridgehead atoms. The minimum Gasteiger partial charge on any atom is -0.325 e. The highest BCUT2D eigenvalue weighted by Crippen LogP contribution is 2.37. The van der Waals surface area contributed by atoms with E-state index in [-0.39, 0.29) is 34.6 Å². The van der Waals surface area contributed by atoms with Crippen molar-refractivity contribution in [3.05, 3.63) is 58.1 Å². The number of halogens is 5. The summed E-state index contributed by atoms with van der Waals surface area (Å²) in [5, 5.41) is 2.72. The van der Waals surface area contributed by atoms with Crippen LogP contribution in [0, 0.1) is 5.92 Å². The Labute approximate surface area is 162 Å². The summed E-state index contributed by atoms with van der Waals surface area (Å²) in [6, 6.07) is 9.45. The van der Waals surface area contributed by atoms with Gasteiger partial charge in [-0.25, -0.2) is 0 Å². The summed E-state index contributed by atoms with van der Waals surface area (Å²) < 4.78 is 39.2. The molecule has 1 atom stereocenters. The monoisotopic (exact) mass is 416 g/mol. The number of para-hydroxylation sites is 1. The van der Waals surface area contributed by atoms with Gasteiger partial charge in [0.2, 0.25) is 11.8 Å². The van der Waals surface area contributed by atoms with E-state index in [9.17, 15) is 22.8 Å². The molecule has 0 saturated carbocycles.